The molecule has 6 nitrogen and oxygen atoms in total. The molecule has 0 aliphatic carbocycles. The zero-order chi connectivity index (χ0) is 23.6. The van der Waals surface area contributed by atoms with E-state index < -0.39 is 0 Å². The molecule has 1 N–H and O–H groups in total. The van der Waals surface area contributed by atoms with Crippen LogP contribution in [-0.4, -0.2) is 45.4 Å². The second-order valence-electron chi connectivity index (χ2n) is 8.44. The molecule has 0 spiro atoms. The van der Waals surface area contributed by atoms with Gasteiger partial charge in [-0.25, -0.2) is 0 Å². The molecule has 0 aliphatic rings. The minimum absolute atomic E-state index is 0.0447. The van der Waals surface area contributed by atoms with Gasteiger partial charge in [-0.15, -0.1) is 10.2 Å². The van der Waals surface area contributed by atoms with Gasteiger partial charge >= 0.3 is 0 Å². The van der Waals surface area contributed by atoms with Crippen molar-refractivity contribution in [3.8, 4) is 0 Å². The van der Waals surface area contributed by atoms with Crippen LogP contribution in [0.2, 0.25) is 0 Å². The van der Waals surface area contributed by atoms with Gasteiger partial charge in [0.05, 0.1) is 18.3 Å². The summed E-state index contributed by atoms with van der Waals surface area (Å²) in [6, 6.07) is 18.6. The molecule has 1 unspecified atom stereocenters. The third-order valence-corrected chi connectivity index (χ3v) is 6.59. The van der Waals surface area contributed by atoms with Crippen molar-refractivity contribution in [2.75, 3.05) is 25.2 Å². The van der Waals surface area contributed by atoms with Crippen LogP contribution in [0.1, 0.15) is 56.1 Å². The summed E-state index contributed by atoms with van der Waals surface area (Å²) >= 11 is 1.43. The van der Waals surface area contributed by atoms with Gasteiger partial charge in [-0.1, -0.05) is 74.5 Å². The number of nitrogens with zero attached hydrogens (tertiary/aromatic N) is 4. The number of benzene rings is 2. The molecular formula is C26H35N5OS. The molecule has 0 radical (unpaired) electrons. The van der Waals surface area contributed by atoms with Crippen molar-refractivity contribution in [1.82, 2.24) is 19.7 Å². The number of anilines is 1. The maximum absolute atomic E-state index is 12.6. The summed E-state index contributed by atoms with van der Waals surface area (Å²) in [6.45, 7) is 5.02. The number of unbranched alkanes of at least 4 members (excludes halogenated alkanes) is 1. The molecule has 3 aromatic rings. The molecule has 0 saturated carbocycles. The first-order valence-electron chi connectivity index (χ1n) is 11.7. The zero-order valence-electron chi connectivity index (χ0n) is 20.1. The summed E-state index contributed by atoms with van der Waals surface area (Å²) < 4.78 is 2.14. The molecule has 0 bridgehead atoms. The van der Waals surface area contributed by atoms with Gasteiger partial charge in [-0.2, -0.15) is 0 Å². The lowest BCUT2D eigenvalue weighted by Gasteiger charge is -2.23. The van der Waals surface area contributed by atoms with E-state index in [1.54, 1.807) is 0 Å². The van der Waals surface area contributed by atoms with Crippen molar-refractivity contribution in [3.63, 3.8) is 0 Å². The van der Waals surface area contributed by atoms with Crippen molar-refractivity contribution in [2.45, 2.75) is 57.3 Å². The maximum atomic E-state index is 12.6. The number of carbonyl (C=O) groups is 1. The number of amides is 1. The second-order valence-corrected chi connectivity index (χ2v) is 9.38. The molecule has 0 saturated heterocycles. The highest BCUT2D eigenvalue weighted by Gasteiger charge is 2.22. The van der Waals surface area contributed by atoms with Crippen molar-refractivity contribution < 1.29 is 4.79 Å². The second kappa shape index (κ2) is 12.6. The van der Waals surface area contributed by atoms with Crippen LogP contribution in [0.4, 0.5) is 5.69 Å². The molecule has 1 amide bonds. The molecule has 0 aliphatic heterocycles. The van der Waals surface area contributed by atoms with Crippen LogP contribution in [0, 0.1) is 0 Å². The van der Waals surface area contributed by atoms with Crippen LogP contribution in [0.15, 0.2) is 59.8 Å². The molecular weight excluding hydrogens is 430 g/mol. The number of carbonyl (C=O) groups excluding carboxylic acids is 1. The highest BCUT2D eigenvalue weighted by atomic mass is 32.2. The van der Waals surface area contributed by atoms with Crippen molar-refractivity contribution in [2.24, 2.45) is 0 Å². The maximum Gasteiger partial charge on any atom is 0.234 e. The average Bonchev–Trinajstić information content (AvgIpc) is 3.20. The normalized spacial score (nSPS) is 12.2. The average molecular weight is 466 g/mol. The van der Waals surface area contributed by atoms with Gasteiger partial charge in [-0.05, 0) is 56.6 Å². The Morgan fingerprint density at radius 2 is 1.76 bits per heavy atom. The highest BCUT2D eigenvalue weighted by Crippen LogP contribution is 2.26. The third kappa shape index (κ3) is 7.17. The number of aryl methyl sites for hydroxylation is 1. The summed E-state index contributed by atoms with van der Waals surface area (Å²) in [6.07, 6.45) is 4.37. The van der Waals surface area contributed by atoms with Crippen molar-refractivity contribution >= 4 is 23.4 Å². The van der Waals surface area contributed by atoms with Crippen LogP contribution in [-0.2, 0) is 17.8 Å². The number of thioether (sulfide) groups is 1. The van der Waals surface area contributed by atoms with E-state index in [-0.39, 0.29) is 17.7 Å². The summed E-state index contributed by atoms with van der Waals surface area (Å²) in [5.74, 6) is 1.16. The molecule has 1 aromatic heterocycles. The van der Waals surface area contributed by atoms with Gasteiger partial charge in [0.15, 0.2) is 11.0 Å². The fraction of sp³-hybridized carbons (Fsp3) is 0.423. The number of rotatable bonds is 12. The molecule has 7 heteroatoms. The van der Waals surface area contributed by atoms with E-state index in [2.05, 4.69) is 77.2 Å². The Morgan fingerprint density at radius 3 is 2.39 bits per heavy atom. The Kier molecular flexibility index (Phi) is 9.51. The predicted molar refractivity (Wildman–Crippen MR) is 137 cm³/mol. The summed E-state index contributed by atoms with van der Waals surface area (Å²) in [7, 11) is 4.12. The van der Waals surface area contributed by atoms with Gasteiger partial charge in [-0.3, -0.25) is 9.69 Å². The predicted octanol–water partition coefficient (Wildman–Crippen LogP) is 5.41. The SMILES string of the molecule is CCCCc1ccc(NC(=O)CSc2nnc(C(CC)N(C)C)n2Cc2ccccc2)cc1. The standard InChI is InChI=1S/C26H35N5OS/c1-5-7-11-20-14-16-22(17-15-20)27-24(32)19-33-26-29-28-25(23(6-2)30(3)4)31(26)18-21-12-9-8-10-13-21/h8-10,12-17,23H,5-7,11,18-19H2,1-4H3,(H,27,32). The van der Waals surface area contributed by atoms with E-state index in [1.165, 1.54) is 35.7 Å². The number of hydrogen-bond acceptors (Lipinski definition) is 5. The van der Waals surface area contributed by atoms with Crippen LogP contribution in [0.25, 0.3) is 0 Å². The van der Waals surface area contributed by atoms with Crippen LogP contribution >= 0.6 is 11.8 Å². The van der Waals surface area contributed by atoms with Gasteiger partial charge < -0.3 is 9.88 Å². The zero-order valence-corrected chi connectivity index (χ0v) is 20.9. The number of hydrogen-bond donors (Lipinski definition) is 1. The number of nitrogens with one attached hydrogen (secondary N) is 1. The third-order valence-electron chi connectivity index (χ3n) is 5.63. The van der Waals surface area contributed by atoms with Gasteiger partial charge in [0.1, 0.15) is 0 Å². The molecule has 1 heterocycles. The lowest BCUT2D eigenvalue weighted by atomic mass is 10.1. The summed E-state index contributed by atoms with van der Waals surface area (Å²) in [4.78, 5) is 14.8. The fourth-order valence-corrected chi connectivity index (χ4v) is 4.55. The monoisotopic (exact) mass is 465 g/mol. The van der Waals surface area contributed by atoms with Crippen LogP contribution < -0.4 is 5.32 Å². The first-order chi connectivity index (χ1) is 16.0. The minimum Gasteiger partial charge on any atom is -0.325 e. The topological polar surface area (TPSA) is 63.1 Å². The Bertz CT molecular complexity index is 1000. The molecule has 0 fully saturated rings. The van der Waals surface area contributed by atoms with E-state index in [1.807, 2.05) is 30.3 Å². The first kappa shape index (κ1) is 25.0. The van der Waals surface area contributed by atoms with E-state index >= 15 is 0 Å². The summed E-state index contributed by atoms with van der Waals surface area (Å²) in [5.41, 5.74) is 3.31. The van der Waals surface area contributed by atoms with E-state index in [0.717, 1.165) is 29.5 Å². The van der Waals surface area contributed by atoms with Gasteiger partial charge in [0.2, 0.25) is 5.91 Å². The van der Waals surface area contributed by atoms with E-state index in [9.17, 15) is 4.79 Å². The van der Waals surface area contributed by atoms with Crippen molar-refractivity contribution in [3.05, 3.63) is 71.5 Å². The van der Waals surface area contributed by atoms with E-state index in [0.29, 0.717) is 6.54 Å². The van der Waals surface area contributed by atoms with Crippen molar-refractivity contribution in [1.29, 1.82) is 0 Å². The van der Waals surface area contributed by atoms with Crippen LogP contribution in [0.3, 0.4) is 0 Å². The molecule has 1 atom stereocenters. The van der Waals surface area contributed by atoms with E-state index in [4.69, 9.17) is 0 Å². The quantitative estimate of drug-likeness (QED) is 0.362. The Labute approximate surface area is 201 Å². The van der Waals surface area contributed by atoms with Crippen LogP contribution in [0.5, 0.6) is 0 Å². The number of aromatic nitrogens is 3. The highest BCUT2D eigenvalue weighted by molar-refractivity contribution is 7.99. The lowest BCUT2D eigenvalue weighted by molar-refractivity contribution is -0.113. The summed E-state index contributed by atoms with van der Waals surface area (Å²) in [5, 5.41) is 12.7. The fourth-order valence-electron chi connectivity index (χ4n) is 3.81. The Balaban J connectivity index is 1.69. The minimum atomic E-state index is -0.0447. The smallest absolute Gasteiger partial charge is 0.234 e. The molecule has 33 heavy (non-hydrogen) atoms. The molecule has 3 rings (SSSR count). The molecule has 2 aromatic carbocycles. The lowest BCUT2D eigenvalue weighted by Crippen LogP contribution is -2.23. The molecule has 176 valence electrons. The Hall–Kier alpha value is -2.64. The van der Waals surface area contributed by atoms with Gasteiger partial charge in [0, 0.05) is 5.69 Å². The Morgan fingerprint density at radius 1 is 1.03 bits per heavy atom. The first-order valence-corrected chi connectivity index (χ1v) is 12.6. The largest absolute Gasteiger partial charge is 0.325 e. The van der Waals surface area contributed by atoms with Gasteiger partial charge in [0.25, 0.3) is 0 Å².